The van der Waals surface area contributed by atoms with Gasteiger partial charge >= 0.3 is 0 Å². The summed E-state index contributed by atoms with van der Waals surface area (Å²) in [6.45, 7) is 11.3. The molecule has 26 heavy (non-hydrogen) atoms. The molecule has 3 rings (SSSR count). The molecule has 1 fully saturated rings. The molecule has 1 aromatic carbocycles. The number of rotatable bonds is 7. The van der Waals surface area contributed by atoms with Crippen molar-refractivity contribution in [2.45, 2.75) is 46.5 Å². The van der Waals surface area contributed by atoms with Gasteiger partial charge < -0.3 is 14.8 Å². The molecule has 0 saturated carbocycles. The summed E-state index contributed by atoms with van der Waals surface area (Å²) in [6.07, 6.45) is 3.78. The summed E-state index contributed by atoms with van der Waals surface area (Å²) in [5.74, 6) is 1.82. The number of carbonyl (C=O) groups excluding carboxylic acids is 1. The topological polar surface area (TPSA) is 52.2 Å². The number of nitrogens with one attached hydrogen (secondary N) is 1. The molecule has 5 nitrogen and oxygen atoms in total. The van der Waals surface area contributed by atoms with Crippen LogP contribution in [0.15, 0.2) is 18.2 Å². The van der Waals surface area contributed by atoms with E-state index in [-0.39, 0.29) is 0 Å². The van der Waals surface area contributed by atoms with Crippen LogP contribution in [-0.4, -0.2) is 58.4 Å². The van der Waals surface area contributed by atoms with Crippen LogP contribution in [-0.2, 0) is 11.2 Å². The van der Waals surface area contributed by atoms with Crippen LogP contribution in [0.3, 0.4) is 0 Å². The molecule has 0 radical (unpaired) electrons. The Hall–Kier alpha value is -1.88. The van der Waals surface area contributed by atoms with E-state index in [0.717, 1.165) is 68.8 Å². The number of hydrogen-bond acceptors (Lipinski definition) is 3. The number of hydrogen-bond donors (Lipinski definition) is 1. The molecular weight excluding hydrogens is 324 g/mol. The van der Waals surface area contributed by atoms with Crippen molar-refractivity contribution in [3.05, 3.63) is 29.6 Å². The summed E-state index contributed by atoms with van der Waals surface area (Å²) < 4.78 is 0. The minimum Gasteiger partial charge on any atom is -0.343 e. The van der Waals surface area contributed by atoms with Crippen molar-refractivity contribution >= 4 is 16.9 Å². The quantitative estimate of drug-likeness (QED) is 0.827. The average Bonchev–Trinajstić information content (AvgIpc) is 3.04. The number of imidazole rings is 1. The molecule has 1 aromatic heterocycles. The van der Waals surface area contributed by atoms with Crippen molar-refractivity contribution < 1.29 is 4.79 Å². The zero-order valence-corrected chi connectivity index (χ0v) is 16.4. The molecule has 2 aromatic rings. The van der Waals surface area contributed by atoms with Crippen LogP contribution in [0.25, 0.3) is 11.0 Å². The van der Waals surface area contributed by atoms with E-state index in [2.05, 4.69) is 53.8 Å². The lowest BCUT2D eigenvalue weighted by Gasteiger charge is -2.32. The maximum Gasteiger partial charge on any atom is 0.222 e. The molecule has 0 bridgehead atoms. The standard InChI is InChI=1S/C21H32N4O/c1-4-24-11-8-17(9-12-24)15-21(26)25(5-2)13-10-20-22-18-7-6-16(3)14-19(18)23-20/h6-7,14,17H,4-5,8-13,15H2,1-3H3,(H,22,23). The van der Waals surface area contributed by atoms with Crippen molar-refractivity contribution in [2.24, 2.45) is 5.92 Å². The van der Waals surface area contributed by atoms with Crippen LogP contribution in [0.1, 0.15) is 44.5 Å². The highest BCUT2D eigenvalue weighted by Gasteiger charge is 2.23. The number of H-pyrrole nitrogens is 1. The minimum atomic E-state index is 0.300. The van der Waals surface area contributed by atoms with E-state index in [1.54, 1.807) is 0 Å². The van der Waals surface area contributed by atoms with Gasteiger partial charge in [-0.05, 0) is 69.9 Å². The van der Waals surface area contributed by atoms with Crippen LogP contribution in [0.2, 0.25) is 0 Å². The van der Waals surface area contributed by atoms with Gasteiger partial charge in [-0.25, -0.2) is 4.98 Å². The fourth-order valence-corrected chi connectivity index (χ4v) is 3.88. The molecular formula is C21H32N4O. The monoisotopic (exact) mass is 356 g/mol. The second-order valence-electron chi connectivity index (χ2n) is 7.51. The minimum absolute atomic E-state index is 0.300. The van der Waals surface area contributed by atoms with Crippen LogP contribution in [0.5, 0.6) is 0 Å². The number of aromatic amines is 1. The third-order valence-electron chi connectivity index (χ3n) is 5.66. The van der Waals surface area contributed by atoms with Crippen molar-refractivity contribution in [1.29, 1.82) is 0 Å². The molecule has 1 aliphatic heterocycles. The van der Waals surface area contributed by atoms with Crippen molar-refractivity contribution in [3.8, 4) is 0 Å². The predicted molar refractivity (Wildman–Crippen MR) is 106 cm³/mol. The number of nitrogens with zero attached hydrogens (tertiary/aromatic N) is 3. The lowest BCUT2D eigenvalue weighted by Crippen LogP contribution is -2.38. The van der Waals surface area contributed by atoms with E-state index in [4.69, 9.17) is 0 Å². The van der Waals surface area contributed by atoms with E-state index in [0.29, 0.717) is 18.2 Å². The smallest absolute Gasteiger partial charge is 0.222 e. The number of carbonyl (C=O) groups is 1. The van der Waals surface area contributed by atoms with E-state index >= 15 is 0 Å². The molecule has 1 amide bonds. The van der Waals surface area contributed by atoms with Crippen molar-refractivity contribution in [1.82, 2.24) is 19.8 Å². The summed E-state index contributed by atoms with van der Waals surface area (Å²) in [6, 6.07) is 6.26. The number of fused-ring (bicyclic) bond motifs is 1. The lowest BCUT2D eigenvalue weighted by atomic mass is 9.93. The highest BCUT2D eigenvalue weighted by molar-refractivity contribution is 5.77. The first kappa shape index (κ1) is 18.9. The molecule has 142 valence electrons. The van der Waals surface area contributed by atoms with Crippen LogP contribution in [0, 0.1) is 12.8 Å². The van der Waals surface area contributed by atoms with Gasteiger partial charge in [0.1, 0.15) is 5.82 Å². The molecule has 0 unspecified atom stereocenters. The molecule has 5 heteroatoms. The Labute approximate surface area is 156 Å². The first-order chi connectivity index (χ1) is 12.6. The normalized spacial score (nSPS) is 16.3. The lowest BCUT2D eigenvalue weighted by molar-refractivity contribution is -0.132. The van der Waals surface area contributed by atoms with Gasteiger partial charge in [-0.1, -0.05) is 13.0 Å². The Morgan fingerprint density at radius 3 is 2.77 bits per heavy atom. The van der Waals surface area contributed by atoms with Crippen molar-refractivity contribution in [2.75, 3.05) is 32.7 Å². The molecule has 0 atom stereocenters. The molecule has 0 spiro atoms. The van der Waals surface area contributed by atoms with Crippen LogP contribution >= 0.6 is 0 Å². The largest absolute Gasteiger partial charge is 0.343 e. The van der Waals surface area contributed by atoms with Gasteiger partial charge in [0.25, 0.3) is 0 Å². The highest BCUT2D eigenvalue weighted by atomic mass is 16.2. The van der Waals surface area contributed by atoms with Gasteiger partial charge in [0.2, 0.25) is 5.91 Å². The molecule has 1 saturated heterocycles. The maximum absolute atomic E-state index is 12.7. The Bertz CT molecular complexity index is 731. The number of amides is 1. The van der Waals surface area contributed by atoms with Gasteiger partial charge in [0.05, 0.1) is 11.0 Å². The summed E-state index contributed by atoms with van der Waals surface area (Å²) in [7, 11) is 0. The number of aromatic nitrogens is 2. The Balaban J connectivity index is 1.52. The second kappa shape index (κ2) is 8.67. The fraction of sp³-hybridized carbons (Fsp3) is 0.619. The predicted octanol–water partition coefficient (Wildman–Crippen LogP) is 3.38. The third kappa shape index (κ3) is 4.64. The summed E-state index contributed by atoms with van der Waals surface area (Å²) in [5.41, 5.74) is 3.31. The summed E-state index contributed by atoms with van der Waals surface area (Å²) >= 11 is 0. The second-order valence-corrected chi connectivity index (χ2v) is 7.51. The van der Waals surface area contributed by atoms with E-state index < -0.39 is 0 Å². The van der Waals surface area contributed by atoms with Crippen LogP contribution < -0.4 is 0 Å². The number of likely N-dealkylation sites (tertiary alicyclic amines) is 1. The van der Waals surface area contributed by atoms with Crippen molar-refractivity contribution in [3.63, 3.8) is 0 Å². The van der Waals surface area contributed by atoms with Gasteiger partial charge in [-0.15, -0.1) is 0 Å². The number of benzene rings is 1. The fourth-order valence-electron chi connectivity index (χ4n) is 3.88. The average molecular weight is 357 g/mol. The Morgan fingerprint density at radius 2 is 2.08 bits per heavy atom. The number of likely N-dealkylation sites (N-methyl/N-ethyl adjacent to an activating group) is 1. The highest BCUT2D eigenvalue weighted by Crippen LogP contribution is 2.21. The number of piperidine rings is 1. The van der Waals surface area contributed by atoms with Crippen LogP contribution in [0.4, 0.5) is 0 Å². The third-order valence-corrected chi connectivity index (χ3v) is 5.66. The van der Waals surface area contributed by atoms with Gasteiger partial charge in [0.15, 0.2) is 0 Å². The van der Waals surface area contributed by atoms with Gasteiger partial charge in [-0.3, -0.25) is 4.79 Å². The zero-order valence-electron chi connectivity index (χ0n) is 16.4. The molecule has 0 aliphatic carbocycles. The van der Waals surface area contributed by atoms with Gasteiger partial charge in [0, 0.05) is 25.9 Å². The zero-order chi connectivity index (χ0) is 18.5. The molecule has 2 heterocycles. The Kier molecular flexibility index (Phi) is 6.30. The molecule has 1 aliphatic rings. The molecule has 1 N–H and O–H groups in total. The summed E-state index contributed by atoms with van der Waals surface area (Å²) in [5, 5.41) is 0. The SMILES string of the molecule is CCN1CCC(CC(=O)N(CC)CCc2nc3ccc(C)cc3[nH]2)CC1. The first-order valence-electron chi connectivity index (χ1n) is 10.0. The van der Waals surface area contributed by atoms with E-state index in [1.165, 1.54) is 5.56 Å². The first-order valence-corrected chi connectivity index (χ1v) is 10.0. The maximum atomic E-state index is 12.7. The van der Waals surface area contributed by atoms with E-state index in [1.807, 2.05) is 4.90 Å². The van der Waals surface area contributed by atoms with Gasteiger partial charge in [-0.2, -0.15) is 0 Å². The number of aryl methyl sites for hydroxylation is 1. The Morgan fingerprint density at radius 1 is 1.31 bits per heavy atom. The van der Waals surface area contributed by atoms with E-state index in [9.17, 15) is 4.79 Å². The summed E-state index contributed by atoms with van der Waals surface area (Å²) in [4.78, 5) is 25.2.